The van der Waals surface area contributed by atoms with E-state index < -0.39 is 0 Å². The molecular formula is C13H23N3O2. The standard InChI is InChI=1S/C13H23N3O2/c1-3-5-14-13(12-10-17-6-7-18-12)11-8-15-16(4-2)9-11/h8-9,12-14H,3-7,10H2,1-2H3. The molecule has 1 aromatic rings. The van der Waals surface area contributed by atoms with Crippen LogP contribution in [-0.2, 0) is 16.0 Å². The molecule has 2 atom stereocenters. The number of ether oxygens (including phenoxy) is 2. The summed E-state index contributed by atoms with van der Waals surface area (Å²) in [6.45, 7) is 8.15. The van der Waals surface area contributed by atoms with Gasteiger partial charge < -0.3 is 14.8 Å². The fourth-order valence-corrected chi connectivity index (χ4v) is 2.18. The van der Waals surface area contributed by atoms with Crippen LogP contribution in [0.15, 0.2) is 12.4 Å². The first-order valence-corrected chi connectivity index (χ1v) is 6.80. The van der Waals surface area contributed by atoms with Crippen LogP contribution in [0.5, 0.6) is 0 Å². The van der Waals surface area contributed by atoms with Gasteiger partial charge >= 0.3 is 0 Å². The van der Waals surface area contributed by atoms with E-state index >= 15 is 0 Å². The quantitative estimate of drug-likeness (QED) is 0.831. The second kappa shape index (κ2) is 6.87. The number of aryl methyl sites for hydroxylation is 1. The summed E-state index contributed by atoms with van der Waals surface area (Å²) in [5.41, 5.74) is 1.18. The van der Waals surface area contributed by atoms with Crippen LogP contribution in [0.25, 0.3) is 0 Å². The molecule has 1 aliphatic rings. The zero-order chi connectivity index (χ0) is 12.8. The summed E-state index contributed by atoms with van der Waals surface area (Å²) in [5, 5.41) is 7.87. The predicted molar refractivity (Wildman–Crippen MR) is 69.5 cm³/mol. The molecular weight excluding hydrogens is 230 g/mol. The van der Waals surface area contributed by atoms with Gasteiger partial charge in [0.25, 0.3) is 0 Å². The lowest BCUT2D eigenvalue weighted by molar-refractivity contribution is -0.102. The summed E-state index contributed by atoms with van der Waals surface area (Å²) < 4.78 is 13.3. The topological polar surface area (TPSA) is 48.3 Å². The van der Waals surface area contributed by atoms with E-state index in [9.17, 15) is 0 Å². The monoisotopic (exact) mass is 253 g/mol. The SMILES string of the molecule is CCCNC(c1cnn(CC)c1)C1COCCO1. The van der Waals surface area contributed by atoms with Crippen molar-refractivity contribution in [3.63, 3.8) is 0 Å². The van der Waals surface area contributed by atoms with Crippen molar-refractivity contribution >= 4 is 0 Å². The van der Waals surface area contributed by atoms with Gasteiger partial charge in [-0.15, -0.1) is 0 Å². The van der Waals surface area contributed by atoms with Crippen molar-refractivity contribution < 1.29 is 9.47 Å². The van der Waals surface area contributed by atoms with E-state index in [2.05, 4.69) is 30.5 Å². The summed E-state index contributed by atoms with van der Waals surface area (Å²) >= 11 is 0. The molecule has 1 saturated heterocycles. The number of nitrogens with one attached hydrogen (secondary N) is 1. The van der Waals surface area contributed by atoms with Gasteiger partial charge in [-0.3, -0.25) is 4.68 Å². The molecule has 5 heteroatoms. The van der Waals surface area contributed by atoms with Crippen LogP contribution in [0.1, 0.15) is 31.9 Å². The zero-order valence-corrected chi connectivity index (χ0v) is 11.3. The van der Waals surface area contributed by atoms with Gasteiger partial charge in [0, 0.05) is 18.3 Å². The summed E-state index contributed by atoms with van der Waals surface area (Å²) in [5.74, 6) is 0. The maximum Gasteiger partial charge on any atom is 0.100 e. The van der Waals surface area contributed by atoms with E-state index in [0.29, 0.717) is 19.8 Å². The molecule has 1 aromatic heterocycles. The first kappa shape index (κ1) is 13.5. The summed E-state index contributed by atoms with van der Waals surface area (Å²) in [6, 6.07) is 0.172. The Morgan fingerprint density at radius 3 is 3.00 bits per heavy atom. The molecule has 1 N–H and O–H groups in total. The second-order valence-corrected chi connectivity index (χ2v) is 4.55. The van der Waals surface area contributed by atoms with E-state index in [1.54, 1.807) is 0 Å². The summed E-state index contributed by atoms with van der Waals surface area (Å²) in [6.07, 6.45) is 5.20. The van der Waals surface area contributed by atoms with Gasteiger partial charge in [-0.25, -0.2) is 0 Å². The minimum absolute atomic E-state index is 0.0832. The zero-order valence-electron chi connectivity index (χ0n) is 11.3. The molecule has 18 heavy (non-hydrogen) atoms. The molecule has 2 unspecified atom stereocenters. The summed E-state index contributed by atoms with van der Waals surface area (Å²) in [7, 11) is 0. The van der Waals surface area contributed by atoms with Crippen molar-refractivity contribution in [2.24, 2.45) is 0 Å². The average Bonchev–Trinajstić information content (AvgIpc) is 2.89. The highest BCUT2D eigenvalue weighted by Gasteiger charge is 2.27. The van der Waals surface area contributed by atoms with Crippen molar-refractivity contribution in [2.45, 2.75) is 39.0 Å². The molecule has 5 nitrogen and oxygen atoms in total. The van der Waals surface area contributed by atoms with Crippen LogP contribution < -0.4 is 5.32 Å². The molecule has 0 aromatic carbocycles. The number of nitrogens with zero attached hydrogens (tertiary/aromatic N) is 2. The molecule has 0 saturated carbocycles. The Morgan fingerprint density at radius 2 is 2.39 bits per heavy atom. The Morgan fingerprint density at radius 1 is 1.50 bits per heavy atom. The second-order valence-electron chi connectivity index (χ2n) is 4.55. The predicted octanol–water partition coefficient (Wildman–Crippen LogP) is 1.36. The van der Waals surface area contributed by atoms with E-state index in [0.717, 1.165) is 19.5 Å². The normalized spacial score (nSPS) is 22.0. The molecule has 0 radical (unpaired) electrons. The van der Waals surface area contributed by atoms with Gasteiger partial charge in [0.15, 0.2) is 0 Å². The number of hydrogen-bond donors (Lipinski definition) is 1. The fraction of sp³-hybridized carbons (Fsp3) is 0.769. The molecule has 0 bridgehead atoms. The van der Waals surface area contributed by atoms with Crippen molar-refractivity contribution in [3.05, 3.63) is 18.0 Å². The fourth-order valence-electron chi connectivity index (χ4n) is 2.18. The lowest BCUT2D eigenvalue weighted by Crippen LogP contribution is -2.40. The van der Waals surface area contributed by atoms with Crippen LogP contribution in [0.3, 0.4) is 0 Å². The highest BCUT2D eigenvalue weighted by atomic mass is 16.6. The number of rotatable bonds is 6. The lowest BCUT2D eigenvalue weighted by atomic mass is 10.0. The Balaban J connectivity index is 2.07. The van der Waals surface area contributed by atoms with Gasteiger partial charge in [0.2, 0.25) is 0 Å². The summed E-state index contributed by atoms with van der Waals surface area (Å²) in [4.78, 5) is 0. The van der Waals surface area contributed by atoms with Gasteiger partial charge in [-0.2, -0.15) is 5.10 Å². The third-order valence-electron chi connectivity index (χ3n) is 3.16. The van der Waals surface area contributed by atoms with Crippen LogP contribution in [-0.4, -0.2) is 42.2 Å². The van der Waals surface area contributed by atoms with Crippen LogP contribution in [0.2, 0.25) is 0 Å². The lowest BCUT2D eigenvalue weighted by Gasteiger charge is -2.30. The molecule has 0 amide bonds. The first-order valence-electron chi connectivity index (χ1n) is 6.80. The van der Waals surface area contributed by atoms with Gasteiger partial charge in [-0.1, -0.05) is 6.92 Å². The molecule has 2 rings (SSSR count). The van der Waals surface area contributed by atoms with Gasteiger partial charge in [0.05, 0.1) is 32.1 Å². The number of hydrogen-bond acceptors (Lipinski definition) is 4. The van der Waals surface area contributed by atoms with Crippen LogP contribution >= 0.6 is 0 Å². The highest BCUT2D eigenvalue weighted by Crippen LogP contribution is 2.21. The van der Waals surface area contributed by atoms with Crippen molar-refractivity contribution in [2.75, 3.05) is 26.4 Å². The minimum atomic E-state index is 0.0832. The van der Waals surface area contributed by atoms with E-state index in [1.165, 1.54) is 5.56 Å². The Bertz CT molecular complexity index is 348. The van der Waals surface area contributed by atoms with E-state index in [1.807, 2.05) is 10.9 Å². The Kier molecular flexibility index (Phi) is 5.16. The minimum Gasteiger partial charge on any atom is -0.376 e. The van der Waals surface area contributed by atoms with E-state index in [-0.39, 0.29) is 12.1 Å². The molecule has 0 aliphatic carbocycles. The van der Waals surface area contributed by atoms with Crippen LogP contribution in [0, 0.1) is 0 Å². The largest absolute Gasteiger partial charge is 0.376 e. The maximum absolute atomic E-state index is 5.81. The highest BCUT2D eigenvalue weighted by molar-refractivity contribution is 5.13. The maximum atomic E-state index is 5.81. The van der Waals surface area contributed by atoms with Crippen LogP contribution in [0.4, 0.5) is 0 Å². The Labute approximate surface area is 108 Å². The third kappa shape index (κ3) is 3.31. The molecule has 2 heterocycles. The first-order chi connectivity index (χ1) is 8.85. The van der Waals surface area contributed by atoms with Gasteiger partial charge in [-0.05, 0) is 19.9 Å². The molecule has 0 spiro atoms. The van der Waals surface area contributed by atoms with Crippen molar-refractivity contribution in [1.82, 2.24) is 15.1 Å². The molecule has 102 valence electrons. The average molecular weight is 253 g/mol. The molecule has 1 aliphatic heterocycles. The van der Waals surface area contributed by atoms with Crippen molar-refractivity contribution in [3.8, 4) is 0 Å². The smallest absolute Gasteiger partial charge is 0.100 e. The van der Waals surface area contributed by atoms with E-state index in [4.69, 9.17) is 9.47 Å². The Hall–Kier alpha value is -0.910. The number of aromatic nitrogens is 2. The van der Waals surface area contributed by atoms with Crippen molar-refractivity contribution in [1.29, 1.82) is 0 Å². The molecule has 1 fully saturated rings. The van der Waals surface area contributed by atoms with Gasteiger partial charge in [0.1, 0.15) is 6.10 Å². The third-order valence-corrected chi connectivity index (χ3v) is 3.16.